The van der Waals surface area contributed by atoms with Crippen LogP contribution in [-0.2, 0) is 0 Å². The van der Waals surface area contributed by atoms with Crippen LogP contribution in [0.2, 0.25) is 5.02 Å². The fraction of sp³-hybridized carbons (Fsp3) is 0. The minimum absolute atomic E-state index is 0.721. The molecule has 0 amide bonds. The third kappa shape index (κ3) is 2.37. The Morgan fingerprint density at radius 2 is 2.13 bits per heavy atom. The normalized spacial score (nSPS) is 11.0. The van der Waals surface area contributed by atoms with E-state index in [1.165, 1.54) is 6.21 Å². The summed E-state index contributed by atoms with van der Waals surface area (Å²) in [5, 5.41) is 12.1. The number of rotatable bonds is 2. The Labute approximate surface area is 96.4 Å². The van der Waals surface area contributed by atoms with Gasteiger partial charge in [-0.2, -0.15) is 0 Å². The number of thiophene rings is 1. The summed E-state index contributed by atoms with van der Waals surface area (Å²) in [4.78, 5) is 2.01. The molecule has 0 spiro atoms. The van der Waals surface area contributed by atoms with Crippen LogP contribution in [0.1, 0.15) is 4.88 Å². The molecule has 0 unspecified atom stereocenters. The van der Waals surface area contributed by atoms with Crippen LogP contribution in [0.5, 0.6) is 0 Å². The molecular formula is C11H8ClNOS. The molecule has 76 valence electrons. The van der Waals surface area contributed by atoms with Gasteiger partial charge in [-0.3, -0.25) is 0 Å². The van der Waals surface area contributed by atoms with Crippen molar-refractivity contribution in [2.24, 2.45) is 5.16 Å². The Balaban J connectivity index is 2.37. The van der Waals surface area contributed by atoms with Crippen LogP contribution in [0.4, 0.5) is 0 Å². The third-order valence-electron chi connectivity index (χ3n) is 1.92. The maximum absolute atomic E-state index is 8.40. The molecule has 0 aliphatic heterocycles. The highest BCUT2D eigenvalue weighted by atomic mass is 35.5. The predicted octanol–water partition coefficient (Wildman–Crippen LogP) is 3.88. The van der Waals surface area contributed by atoms with Gasteiger partial charge in [0, 0.05) is 14.8 Å². The Kier molecular flexibility index (Phi) is 3.04. The smallest absolute Gasteiger partial charge is 0.0833 e. The first-order valence-electron chi connectivity index (χ1n) is 4.33. The molecule has 2 rings (SSSR count). The van der Waals surface area contributed by atoms with Gasteiger partial charge in [-0.25, -0.2) is 0 Å². The van der Waals surface area contributed by atoms with Crippen molar-refractivity contribution in [3.63, 3.8) is 0 Å². The average Bonchev–Trinajstić information content (AvgIpc) is 2.67. The first-order chi connectivity index (χ1) is 7.29. The first kappa shape index (κ1) is 10.2. The zero-order valence-corrected chi connectivity index (χ0v) is 9.29. The van der Waals surface area contributed by atoms with E-state index in [2.05, 4.69) is 5.16 Å². The largest absolute Gasteiger partial charge is 0.411 e. The molecule has 0 bridgehead atoms. The molecule has 1 N–H and O–H groups in total. The molecule has 2 nitrogen and oxygen atoms in total. The summed E-state index contributed by atoms with van der Waals surface area (Å²) >= 11 is 7.45. The van der Waals surface area contributed by atoms with Crippen LogP contribution in [-0.4, -0.2) is 11.4 Å². The van der Waals surface area contributed by atoms with Crippen LogP contribution < -0.4 is 0 Å². The van der Waals surface area contributed by atoms with Crippen molar-refractivity contribution in [3.05, 3.63) is 46.3 Å². The molecule has 2 aromatic rings. The van der Waals surface area contributed by atoms with Crippen LogP contribution in [0.25, 0.3) is 10.4 Å². The van der Waals surface area contributed by atoms with Crippen molar-refractivity contribution in [2.75, 3.05) is 0 Å². The van der Waals surface area contributed by atoms with Crippen molar-refractivity contribution in [1.29, 1.82) is 0 Å². The lowest BCUT2D eigenvalue weighted by atomic mass is 10.2. The number of nitrogens with zero attached hydrogens (tertiary/aromatic N) is 1. The van der Waals surface area contributed by atoms with E-state index >= 15 is 0 Å². The Morgan fingerprint density at radius 1 is 1.27 bits per heavy atom. The Morgan fingerprint density at radius 3 is 2.87 bits per heavy atom. The maximum atomic E-state index is 8.40. The van der Waals surface area contributed by atoms with E-state index < -0.39 is 0 Å². The summed E-state index contributed by atoms with van der Waals surface area (Å²) < 4.78 is 0. The third-order valence-corrected chi connectivity index (χ3v) is 3.22. The molecule has 1 aromatic heterocycles. The second-order valence-electron chi connectivity index (χ2n) is 2.96. The van der Waals surface area contributed by atoms with Crippen molar-refractivity contribution < 1.29 is 5.21 Å². The van der Waals surface area contributed by atoms with E-state index in [1.54, 1.807) is 11.3 Å². The summed E-state index contributed by atoms with van der Waals surface area (Å²) in [6.07, 6.45) is 1.42. The zero-order chi connectivity index (χ0) is 10.7. The molecule has 15 heavy (non-hydrogen) atoms. The summed E-state index contributed by atoms with van der Waals surface area (Å²) in [5.74, 6) is 0. The number of hydrogen-bond acceptors (Lipinski definition) is 3. The summed E-state index contributed by atoms with van der Waals surface area (Å²) in [6.45, 7) is 0. The van der Waals surface area contributed by atoms with Gasteiger partial charge in [0.25, 0.3) is 0 Å². The van der Waals surface area contributed by atoms with Crippen molar-refractivity contribution in [1.82, 2.24) is 0 Å². The van der Waals surface area contributed by atoms with E-state index in [0.29, 0.717) is 0 Å². The Hall–Kier alpha value is -1.32. The lowest BCUT2D eigenvalue weighted by Crippen LogP contribution is -1.71. The van der Waals surface area contributed by atoms with Gasteiger partial charge in [0.2, 0.25) is 0 Å². The van der Waals surface area contributed by atoms with Crippen molar-refractivity contribution in [2.45, 2.75) is 0 Å². The van der Waals surface area contributed by atoms with Gasteiger partial charge in [0.05, 0.1) is 6.21 Å². The molecular weight excluding hydrogens is 230 g/mol. The molecule has 0 fully saturated rings. The second kappa shape index (κ2) is 4.47. The molecule has 0 saturated carbocycles. The summed E-state index contributed by atoms with van der Waals surface area (Å²) in [7, 11) is 0. The fourth-order valence-electron chi connectivity index (χ4n) is 1.28. The van der Waals surface area contributed by atoms with Gasteiger partial charge in [-0.1, -0.05) is 28.9 Å². The summed E-state index contributed by atoms with van der Waals surface area (Å²) in [5.41, 5.74) is 1.07. The topological polar surface area (TPSA) is 32.6 Å². The average molecular weight is 238 g/mol. The van der Waals surface area contributed by atoms with Crippen LogP contribution in [0.3, 0.4) is 0 Å². The lowest BCUT2D eigenvalue weighted by Gasteiger charge is -1.96. The first-order valence-corrected chi connectivity index (χ1v) is 5.52. The number of oxime groups is 1. The maximum Gasteiger partial charge on any atom is 0.0833 e. The van der Waals surface area contributed by atoms with Gasteiger partial charge in [0.15, 0.2) is 0 Å². The van der Waals surface area contributed by atoms with E-state index in [9.17, 15) is 0 Å². The monoisotopic (exact) mass is 237 g/mol. The molecule has 4 heteroatoms. The highest BCUT2D eigenvalue weighted by Crippen LogP contribution is 2.28. The minimum atomic E-state index is 0.721. The van der Waals surface area contributed by atoms with E-state index in [-0.39, 0.29) is 0 Å². The lowest BCUT2D eigenvalue weighted by molar-refractivity contribution is 0.322. The number of benzene rings is 1. The van der Waals surface area contributed by atoms with E-state index in [4.69, 9.17) is 16.8 Å². The molecule has 0 aliphatic rings. The summed E-state index contributed by atoms with van der Waals surface area (Å²) in [6, 6.07) is 11.5. The highest BCUT2D eigenvalue weighted by Gasteiger charge is 2.01. The van der Waals surface area contributed by atoms with Crippen molar-refractivity contribution >= 4 is 29.2 Å². The second-order valence-corrected chi connectivity index (χ2v) is 4.51. The van der Waals surface area contributed by atoms with Crippen molar-refractivity contribution in [3.8, 4) is 10.4 Å². The number of hydrogen-bond donors (Lipinski definition) is 1. The van der Waals surface area contributed by atoms with Crippen LogP contribution >= 0.6 is 22.9 Å². The number of halogens is 1. The molecule has 0 aliphatic carbocycles. The van der Waals surface area contributed by atoms with Gasteiger partial charge in [-0.15, -0.1) is 11.3 Å². The molecule has 0 radical (unpaired) electrons. The van der Waals surface area contributed by atoms with E-state index in [0.717, 1.165) is 20.3 Å². The van der Waals surface area contributed by atoms with Gasteiger partial charge < -0.3 is 5.21 Å². The molecule has 1 heterocycles. The Bertz CT molecular complexity index is 493. The predicted molar refractivity (Wildman–Crippen MR) is 64.1 cm³/mol. The van der Waals surface area contributed by atoms with Gasteiger partial charge >= 0.3 is 0 Å². The van der Waals surface area contributed by atoms with Gasteiger partial charge in [-0.05, 0) is 29.8 Å². The fourth-order valence-corrected chi connectivity index (χ4v) is 2.34. The molecule has 1 aromatic carbocycles. The van der Waals surface area contributed by atoms with Crippen LogP contribution in [0.15, 0.2) is 41.6 Å². The molecule has 0 atom stereocenters. The minimum Gasteiger partial charge on any atom is -0.411 e. The highest BCUT2D eigenvalue weighted by molar-refractivity contribution is 7.17. The van der Waals surface area contributed by atoms with Crippen LogP contribution in [0, 0.1) is 0 Å². The standard InChI is InChI=1S/C11H8ClNOS/c12-9-3-1-2-8(6-9)11-5-4-10(15-11)7-13-14/h1-7,14H/b13-7+. The molecule has 0 saturated heterocycles. The quantitative estimate of drug-likeness (QED) is 0.480. The van der Waals surface area contributed by atoms with E-state index in [1.807, 2.05) is 36.4 Å². The SMILES string of the molecule is O/N=C/c1ccc(-c2cccc(Cl)c2)s1. The zero-order valence-electron chi connectivity index (χ0n) is 7.72. The van der Waals surface area contributed by atoms with Gasteiger partial charge in [0.1, 0.15) is 0 Å².